The lowest BCUT2D eigenvalue weighted by atomic mass is 10.0. The van der Waals surface area contributed by atoms with Crippen molar-refractivity contribution < 1.29 is 33.0 Å². The van der Waals surface area contributed by atoms with Crippen LogP contribution in [0.3, 0.4) is 0 Å². The first-order valence-electron chi connectivity index (χ1n) is 11.3. The Kier molecular flexibility index (Phi) is 7.05. The molecule has 2 heterocycles. The maximum Gasteiger partial charge on any atom is 0.341 e. The number of hydrogen-bond acceptors (Lipinski definition) is 6. The summed E-state index contributed by atoms with van der Waals surface area (Å²) in [6, 6.07) is 16.3. The third-order valence-corrected chi connectivity index (χ3v) is 5.52. The number of pyridine rings is 1. The van der Waals surface area contributed by atoms with Crippen molar-refractivity contribution in [3.8, 4) is 0 Å². The van der Waals surface area contributed by atoms with Crippen LogP contribution < -0.4 is 0 Å². The van der Waals surface area contributed by atoms with Crippen molar-refractivity contribution in [3.05, 3.63) is 112 Å². The van der Waals surface area contributed by atoms with Crippen LogP contribution in [-0.2, 0) is 9.47 Å². The minimum absolute atomic E-state index is 0.00475. The topological polar surface area (TPSA) is 91.2 Å². The molecule has 0 aliphatic carbocycles. The van der Waals surface area contributed by atoms with E-state index < -0.39 is 23.5 Å². The van der Waals surface area contributed by atoms with E-state index in [9.17, 15) is 23.6 Å². The zero-order valence-corrected chi connectivity index (χ0v) is 19.6. The molecule has 0 spiro atoms. The third-order valence-electron chi connectivity index (χ3n) is 5.52. The number of carbonyl (C=O) groups excluding carboxylic acids is 4. The Morgan fingerprint density at radius 1 is 0.722 bits per heavy atom. The fraction of sp³-hybridized carbons (Fsp3) is 0.143. The molecule has 2 aromatic heterocycles. The smallest absolute Gasteiger partial charge is 0.341 e. The molecule has 0 aliphatic rings. The molecule has 8 heteroatoms. The lowest BCUT2D eigenvalue weighted by Crippen LogP contribution is -2.16. The van der Waals surface area contributed by atoms with Gasteiger partial charge in [0.1, 0.15) is 22.6 Å². The zero-order chi connectivity index (χ0) is 25.8. The van der Waals surface area contributed by atoms with Crippen LogP contribution in [-0.4, -0.2) is 41.1 Å². The molecule has 0 amide bonds. The molecular formula is C28H22FNO6. The molecule has 0 radical (unpaired) electrons. The number of benzene rings is 2. The Hall–Kier alpha value is -4.59. The quantitative estimate of drug-likeness (QED) is 0.260. The number of hydrogen-bond donors (Lipinski definition) is 0. The van der Waals surface area contributed by atoms with Gasteiger partial charge < -0.3 is 13.9 Å². The zero-order valence-electron chi connectivity index (χ0n) is 19.6. The van der Waals surface area contributed by atoms with E-state index in [0.29, 0.717) is 5.56 Å². The summed E-state index contributed by atoms with van der Waals surface area (Å²) in [6.45, 7) is 3.21. The van der Waals surface area contributed by atoms with Gasteiger partial charge in [-0.05, 0) is 50.2 Å². The normalized spacial score (nSPS) is 10.8. The van der Waals surface area contributed by atoms with E-state index >= 15 is 0 Å². The molecule has 182 valence electrons. The van der Waals surface area contributed by atoms with Crippen LogP contribution >= 0.6 is 0 Å². The molecule has 0 saturated carbocycles. The van der Waals surface area contributed by atoms with Crippen LogP contribution in [0.15, 0.2) is 72.9 Å². The molecule has 2 aromatic carbocycles. The monoisotopic (exact) mass is 487 g/mol. The van der Waals surface area contributed by atoms with Gasteiger partial charge in [-0.2, -0.15) is 0 Å². The lowest BCUT2D eigenvalue weighted by molar-refractivity contribution is 0.0480. The molecule has 0 saturated heterocycles. The minimum atomic E-state index is -0.898. The van der Waals surface area contributed by atoms with Crippen LogP contribution in [0.1, 0.15) is 66.5 Å². The highest BCUT2D eigenvalue weighted by Gasteiger charge is 2.34. The van der Waals surface area contributed by atoms with Crippen LogP contribution in [0.2, 0.25) is 0 Å². The lowest BCUT2D eigenvalue weighted by Gasteiger charge is -2.07. The van der Waals surface area contributed by atoms with Gasteiger partial charge in [-0.15, -0.1) is 0 Å². The summed E-state index contributed by atoms with van der Waals surface area (Å²) in [4.78, 5) is 52.8. The van der Waals surface area contributed by atoms with Gasteiger partial charge in [-0.3, -0.25) is 9.59 Å². The Bertz CT molecular complexity index is 1470. The highest BCUT2D eigenvalue weighted by Crippen LogP contribution is 2.29. The molecule has 36 heavy (non-hydrogen) atoms. The molecule has 0 atom stereocenters. The summed E-state index contributed by atoms with van der Waals surface area (Å²) in [5.41, 5.74) is 0.270. The van der Waals surface area contributed by atoms with Gasteiger partial charge >= 0.3 is 11.9 Å². The Morgan fingerprint density at radius 3 is 1.92 bits per heavy atom. The number of rotatable bonds is 8. The Balaban J connectivity index is 2.01. The molecule has 0 unspecified atom stereocenters. The van der Waals surface area contributed by atoms with E-state index in [0.717, 1.165) is 12.1 Å². The number of halogens is 1. The predicted molar refractivity (Wildman–Crippen MR) is 129 cm³/mol. The molecular weight excluding hydrogens is 465 g/mol. The number of aromatic nitrogens is 1. The fourth-order valence-corrected chi connectivity index (χ4v) is 3.92. The van der Waals surface area contributed by atoms with Crippen molar-refractivity contribution in [3.63, 3.8) is 0 Å². The second-order valence-corrected chi connectivity index (χ2v) is 7.74. The molecule has 7 nitrogen and oxygen atoms in total. The number of ether oxygens (including phenoxy) is 2. The van der Waals surface area contributed by atoms with E-state index in [1.54, 1.807) is 44.2 Å². The van der Waals surface area contributed by atoms with Crippen molar-refractivity contribution in [1.29, 1.82) is 0 Å². The van der Waals surface area contributed by atoms with Gasteiger partial charge in [0.15, 0.2) is 5.78 Å². The highest BCUT2D eigenvalue weighted by molar-refractivity contribution is 6.20. The van der Waals surface area contributed by atoms with Gasteiger partial charge in [0, 0.05) is 22.9 Å². The summed E-state index contributed by atoms with van der Waals surface area (Å²) < 4.78 is 25.2. The Labute approximate surface area is 206 Å². The predicted octanol–water partition coefficient (Wildman–Crippen LogP) is 4.89. The van der Waals surface area contributed by atoms with Crippen molar-refractivity contribution in [2.24, 2.45) is 0 Å². The SMILES string of the molecule is CCOC(=O)c1c(C(=O)OCC)c2cc(C(=O)c3ccccc3)ccn2c1C(=O)c1ccc(F)cc1. The van der Waals surface area contributed by atoms with Crippen LogP contribution in [0.5, 0.6) is 0 Å². The number of carbonyl (C=O) groups is 4. The van der Waals surface area contributed by atoms with E-state index in [4.69, 9.17) is 9.47 Å². The minimum Gasteiger partial charge on any atom is -0.462 e. The summed E-state index contributed by atoms with van der Waals surface area (Å²) in [5.74, 6) is -3.22. The fourth-order valence-electron chi connectivity index (χ4n) is 3.92. The van der Waals surface area contributed by atoms with Crippen LogP contribution in [0.4, 0.5) is 4.39 Å². The molecule has 0 N–H and O–H groups in total. The van der Waals surface area contributed by atoms with Crippen LogP contribution in [0.25, 0.3) is 5.52 Å². The largest absolute Gasteiger partial charge is 0.462 e. The molecule has 0 bridgehead atoms. The summed E-state index contributed by atoms with van der Waals surface area (Å²) in [7, 11) is 0. The van der Waals surface area contributed by atoms with Gasteiger partial charge in [0.2, 0.25) is 5.78 Å². The Morgan fingerprint density at radius 2 is 1.31 bits per heavy atom. The second-order valence-electron chi connectivity index (χ2n) is 7.74. The average molecular weight is 487 g/mol. The highest BCUT2D eigenvalue weighted by atomic mass is 19.1. The summed E-state index contributed by atoms with van der Waals surface area (Å²) in [6.07, 6.45) is 1.44. The van der Waals surface area contributed by atoms with Crippen molar-refractivity contribution >= 4 is 29.0 Å². The van der Waals surface area contributed by atoms with Crippen molar-refractivity contribution in [2.45, 2.75) is 13.8 Å². The number of nitrogens with zero attached hydrogens (tertiary/aromatic N) is 1. The van der Waals surface area contributed by atoms with Crippen molar-refractivity contribution in [1.82, 2.24) is 4.40 Å². The van der Waals surface area contributed by atoms with Gasteiger partial charge in [-0.25, -0.2) is 14.0 Å². The number of esters is 2. The standard InChI is InChI=1S/C28H22FNO6/c1-3-35-27(33)22-21-16-19(25(31)17-8-6-5-7-9-17)14-15-30(21)24(23(22)28(34)36-4-2)26(32)18-10-12-20(29)13-11-18/h5-16H,3-4H2,1-2H3. The van der Waals surface area contributed by atoms with Gasteiger partial charge in [0.25, 0.3) is 0 Å². The molecule has 4 aromatic rings. The maximum absolute atomic E-state index is 13.6. The van der Waals surface area contributed by atoms with Gasteiger partial charge in [-0.1, -0.05) is 30.3 Å². The van der Waals surface area contributed by atoms with E-state index in [-0.39, 0.29) is 52.5 Å². The van der Waals surface area contributed by atoms with Crippen molar-refractivity contribution in [2.75, 3.05) is 13.2 Å². The van der Waals surface area contributed by atoms with E-state index in [1.807, 2.05) is 0 Å². The average Bonchev–Trinajstić information content (AvgIpc) is 3.23. The third kappa shape index (κ3) is 4.53. The second kappa shape index (κ2) is 10.4. The summed E-state index contributed by atoms with van der Waals surface area (Å²) in [5, 5.41) is 0. The first kappa shape index (κ1) is 24.5. The molecule has 4 rings (SSSR count). The first-order valence-corrected chi connectivity index (χ1v) is 11.3. The maximum atomic E-state index is 13.6. The van der Waals surface area contributed by atoms with E-state index in [2.05, 4.69) is 0 Å². The molecule has 0 fully saturated rings. The van der Waals surface area contributed by atoms with Crippen LogP contribution in [0, 0.1) is 5.82 Å². The number of ketones is 2. The van der Waals surface area contributed by atoms with E-state index in [1.165, 1.54) is 34.9 Å². The number of fused-ring (bicyclic) bond motifs is 1. The van der Waals surface area contributed by atoms with Gasteiger partial charge in [0.05, 0.1) is 18.7 Å². The first-order chi connectivity index (χ1) is 17.4. The summed E-state index contributed by atoms with van der Waals surface area (Å²) >= 11 is 0. The molecule has 0 aliphatic heterocycles.